The number of rotatable bonds is 5. The molecule has 0 spiro atoms. The summed E-state index contributed by atoms with van der Waals surface area (Å²) in [4.78, 5) is 30.4. The third-order valence-electron chi connectivity index (χ3n) is 5.26. The average Bonchev–Trinajstić information content (AvgIpc) is 3.23. The maximum Gasteiger partial charge on any atom is 0.350 e. The number of methoxy groups -OCH3 is 1. The van der Waals surface area contributed by atoms with E-state index in [0.717, 1.165) is 22.4 Å². The Kier molecular flexibility index (Phi) is 4.66. The van der Waals surface area contributed by atoms with Crippen LogP contribution < -0.4 is 10.4 Å². The highest BCUT2D eigenvalue weighted by Gasteiger charge is 2.21. The topological polar surface area (TPSA) is 87.7 Å². The SMILES string of the molecule is COc1ccccc1Cn1cnc2c3nc(=O)n(Cc4cccc(C)c4)c-3ncnc21. The van der Waals surface area contributed by atoms with Crippen molar-refractivity contribution in [2.75, 3.05) is 7.11 Å². The van der Waals surface area contributed by atoms with Gasteiger partial charge in [-0.25, -0.2) is 19.7 Å². The minimum absolute atomic E-state index is 0.351. The fourth-order valence-electron chi connectivity index (χ4n) is 3.80. The van der Waals surface area contributed by atoms with Crippen LogP contribution in [0.3, 0.4) is 0 Å². The predicted octanol–water partition coefficient (Wildman–Crippen LogP) is 2.90. The Hall–Kier alpha value is -4.07. The van der Waals surface area contributed by atoms with Crippen LogP contribution in [0.25, 0.3) is 22.7 Å². The summed E-state index contributed by atoms with van der Waals surface area (Å²) in [5.41, 5.74) is 4.38. The van der Waals surface area contributed by atoms with E-state index in [9.17, 15) is 4.79 Å². The fraction of sp³-hybridized carbons (Fsp3) is 0.174. The van der Waals surface area contributed by atoms with Gasteiger partial charge in [0.05, 0.1) is 26.5 Å². The minimum atomic E-state index is -0.351. The second-order valence-electron chi connectivity index (χ2n) is 7.37. The van der Waals surface area contributed by atoms with Crippen molar-refractivity contribution in [3.8, 4) is 17.3 Å². The summed E-state index contributed by atoms with van der Waals surface area (Å²) in [5, 5.41) is 0. The van der Waals surface area contributed by atoms with Gasteiger partial charge in [-0.15, -0.1) is 0 Å². The molecule has 0 aliphatic carbocycles. The van der Waals surface area contributed by atoms with E-state index in [0.29, 0.717) is 35.8 Å². The number of fused-ring (bicyclic) bond motifs is 3. The summed E-state index contributed by atoms with van der Waals surface area (Å²) in [6, 6.07) is 15.8. The Morgan fingerprint density at radius 1 is 1.00 bits per heavy atom. The molecular weight excluding hydrogens is 392 g/mol. The monoisotopic (exact) mass is 412 g/mol. The lowest BCUT2D eigenvalue weighted by Crippen LogP contribution is -2.17. The Morgan fingerprint density at radius 2 is 1.87 bits per heavy atom. The Morgan fingerprint density at radius 3 is 2.71 bits per heavy atom. The van der Waals surface area contributed by atoms with Gasteiger partial charge in [-0.1, -0.05) is 48.0 Å². The molecule has 0 bridgehead atoms. The van der Waals surface area contributed by atoms with Crippen LogP contribution in [0.5, 0.6) is 5.75 Å². The zero-order valence-electron chi connectivity index (χ0n) is 17.2. The third kappa shape index (κ3) is 3.42. The van der Waals surface area contributed by atoms with Crippen LogP contribution in [-0.2, 0) is 13.1 Å². The van der Waals surface area contributed by atoms with Crippen molar-refractivity contribution < 1.29 is 4.74 Å². The molecule has 3 heterocycles. The number of ether oxygens (including phenoxy) is 1. The molecule has 0 fully saturated rings. The first-order chi connectivity index (χ1) is 15.1. The molecule has 0 atom stereocenters. The van der Waals surface area contributed by atoms with E-state index in [1.54, 1.807) is 18.0 Å². The zero-order chi connectivity index (χ0) is 21.4. The molecule has 0 unspecified atom stereocenters. The molecule has 0 saturated heterocycles. The first kappa shape index (κ1) is 18.9. The zero-order valence-corrected chi connectivity index (χ0v) is 17.2. The van der Waals surface area contributed by atoms with E-state index in [1.165, 1.54) is 6.33 Å². The summed E-state index contributed by atoms with van der Waals surface area (Å²) in [5.74, 6) is 1.26. The van der Waals surface area contributed by atoms with Crippen molar-refractivity contribution >= 4 is 11.2 Å². The van der Waals surface area contributed by atoms with Crippen molar-refractivity contribution in [2.45, 2.75) is 20.0 Å². The lowest BCUT2D eigenvalue weighted by Gasteiger charge is -2.08. The van der Waals surface area contributed by atoms with Crippen molar-refractivity contribution in [2.24, 2.45) is 0 Å². The molecule has 2 aliphatic heterocycles. The molecule has 154 valence electrons. The first-order valence-corrected chi connectivity index (χ1v) is 9.88. The number of nitrogens with zero attached hydrogens (tertiary/aromatic N) is 6. The second-order valence-corrected chi connectivity index (χ2v) is 7.37. The molecular formula is C23H20N6O2. The summed E-state index contributed by atoms with van der Waals surface area (Å²) < 4.78 is 8.92. The Bertz CT molecular complexity index is 1420. The van der Waals surface area contributed by atoms with Crippen molar-refractivity contribution in [3.05, 3.63) is 88.4 Å². The van der Waals surface area contributed by atoms with E-state index >= 15 is 0 Å². The van der Waals surface area contributed by atoms with Gasteiger partial charge in [-0.2, -0.15) is 4.98 Å². The molecule has 8 nitrogen and oxygen atoms in total. The molecule has 5 rings (SSSR count). The summed E-state index contributed by atoms with van der Waals surface area (Å²) in [7, 11) is 1.65. The van der Waals surface area contributed by atoms with E-state index in [4.69, 9.17) is 4.74 Å². The summed E-state index contributed by atoms with van der Waals surface area (Å²) >= 11 is 0. The van der Waals surface area contributed by atoms with E-state index < -0.39 is 0 Å². The van der Waals surface area contributed by atoms with Crippen LogP contribution in [-0.4, -0.2) is 36.2 Å². The van der Waals surface area contributed by atoms with Gasteiger partial charge in [-0.05, 0) is 18.6 Å². The number of imidazole rings is 2. The van der Waals surface area contributed by atoms with Crippen LogP contribution in [0, 0.1) is 6.92 Å². The minimum Gasteiger partial charge on any atom is -0.496 e. The normalized spacial score (nSPS) is 11.3. The summed E-state index contributed by atoms with van der Waals surface area (Å²) in [6.45, 7) is 2.93. The molecule has 0 N–H and O–H groups in total. The maximum atomic E-state index is 12.7. The third-order valence-corrected chi connectivity index (χ3v) is 5.26. The fourth-order valence-corrected chi connectivity index (χ4v) is 3.80. The van der Waals surface area contributed by atoms with Crippen molar-refractivity contribution in [1.82, 2.24) is 29.1 Å². The van der Waals surface area contributed by atoms with Crippen molar-refractivity contribution in [1.29, 1.82) is 0 Å². The van der Waals surface area contributed by atoms with Gasteiger partial charge in [0.15, 0.2) is 11.5 Å². The van der Waals surface area contributed by atoms with Gasteiger partial charge in [0, 0.05) is 5.56 Å². The van der Waals surface area contributed by atoms with Gasteiger partial charge in [0.2, 0.25) is 0 Å². The highest BCUT2D eigenvalue weighted by atomic mass is 16.5. The average molecular weight is 412 g/mol. The van der Waals surface area contributed by atoms with Gasteiger partial charge in [0.1, 0.15) is 23.3 Å². The number of para-hydroxylation sites is 1. The Balaban J connectivity index is 1.58. The second kappa shape index (κ2) is 7.64. The van der Waals surface area contributed by atoms with Gasteiger partial charge < -0.3 is 9.30 Å². The van der Waals surface area contributed by atoms with Gasteiger partial charge >= 0.3 is 5.69 Å². The highest BCUT2D eigenvalue weighted by molar-refractivity contribution is 5.85. The maximum absolute atomic E-state index is 12.7. The smallest absolute Gasteiger partial charge is 0.350 e. The quantitative estimate of drug-likeness (QED) is 0.441. The molecule has 0 saturated carbocycles. The largest absolute Gasteiger partial charge is 0.496 e. The summed E-state index contributed by atoms with van der Waals surface area (Å²) in [6.07, 6.45) is 3.16. The Labute approximate surface area is 178 Å². The number of aromatic nitrogens is 6. The van der Waals surface area contributed by atoms with Crippen LogP contribution in [0.15, 0.2) is 66.0 Å². The molecule has 3 aromatic rings. The van der Waals surface area contributed by atoms with Crippen LogP contribution >= 0.6 is 0 Å². The molecule has 0 radical (unpaired) electrons. The first-order valence-electron chi connectivity index (χ1n) is 9.88. The van der Waals surface area contributed by atoms with E-state index in [1.807, 2.05) is 60.0 Å². The van der Waals surface area contributed by atoms with Gasteiger partial charge in [0.25, 0.3) is 0 Å². The predicted molar refractivity (Wildman–Crippen MR) is 116 cm³/mol. The van der Waals surface area contributed by atoms with E-state index in [-0.39, 0.29) is 5.69 Å². The molecule has 0 amide bonds. The standard InChI is InChI=1S/C23H20N6O2/c1-15-6-5-7-16(10-15)11-29-22-20(27-23(29)30)19-21(24-13-25-22)28(14-26-19)12-17-8-3-4-9-18(17)31-2/h3-10,13-14H,11-12H2,1-2H3. The molecule has 1 aromatic heterocycles. The molecule has 8 heteroatoms. The number of hydrogen-bond acceptors (Lipinski definition) is 6. The van der Waals surface area contributed by atoms with Crippen molar-refractivity contribution in [3.63, 3.8) is 0 Å². The molecule has 2 aliphatic rings. The van der Waals surface area contributed by atoms with Crippen LogP contribution in [0.1, 0.15) is 16.7 Å². The number of benzene rings is 2. The number of aryl methyl sites for hydroxylation is 1. The van der Waals surface area contributed by atoms with E-state index in [2.05, 4.69) is 19.9 Å². The molecule has 31 heavy (non-hydrogen) atoms. The van der Waals surface area contributed by atoms with Crippen LogP contribution in [0.2, 0.25) is 0 Å². The lowest BCUT2D eigenvalue weighted by molar-refractivity contribution is 0.408. The molecule has 2 aromatic carbocycles. The highest BCUT2D eigenvalue weighted by Crippen LogP contribution is 2.25. The number of hydrogen-bond donors (Lipinski definition) is 0. The van der Waals surface area contributed by atoms with Crippen LogP contribution in [0.4, 0.5) is 0 Å². The lowest BCUT2D eigenvalue weighted by atomic mass is 10.1. The van der Waals surface area contributed by atoms with Gasteiger partial charge in [-0.3, -0.25) is 4.57 Å².